The highest BCUT2D eigenvalue weighted by Gasteiger charge is 2.24. The van der Waals surface area contributed by atoms with Gasteiger partial charge < -0.3 is 15.7 Å². The van der Waals surface area contributed by atoms with Gasteiger partial charge in [-0.3, -0.25) is 0 Å². The van der Waals surface area contributed by atoms with Crippen molar-refractivity contribution in [2.75, 3.05) is 5.32 Å². The number of aliphatic hydroxyl groups excluding tert-OH is 1. The van der Waals surface area contributed by atoms with Gasteiger partial charge in [-0.2, -0.15) is 0 Å². The van der Waals surface area contributed by atoms with Crippen molar-refractivity contribution in [3.8, 4) is 0 Å². The molecule has 1 saturated carbocycles. The molecule has 0 spiro atoms. The van der Waals surface area contributed by atoms with Gasteiger partial charge in [-0.25, -0.2) is 4.79 Å². The third kappa shape index (κ3) is 4.00. The van der Waals surface area contributed by atoms with Crippen LogP contribution in [-0.4, -0.2) is 23.3 Å². The highest BCUT2D eigenvalue weighted by molar-refractivity contribution is 6.42. The van der Waals surface area contributed by atoms with Gasteiger partial charge >= 0.3 is 6.03 Å². The average Bonchev–Trinajstić information content (AvgIpc) is 2.37. The van der Waals surface area contributed by atoms with E-state index in [9.17, 15) is 9.90 Å². The van der Waals surface area contributed by atoms with Crippen molar-refractivity contribution in [1.82, 2.24) is 5.32 Å². The minimum atomic E-state index is -0.465. The number of urea groups is 1. The summed E-state index contributed by atoms with van der Waals surface area (Å²) in [6, 6.07) is 4.35. The molecule has 2 atom stereocenters. The Morgan fingerprint density at radius 2 is 1.95 bits per heavy atom. The van der Waals surface area contributed by atoms with Crippen molar-refractivity contribution in [2.24, 2.45) is 0 Å². The molecule has 2 rings (SSSR count). The first kappa shape index (κ1) is 14.4. The number of nitrogens with one attached hydrogen (secondary N) is 2. The van der Waals surface area contributed by atoms with Crippen LogP contribution in [0.15, 0.2) is 18.2 Å². The summed E-state index contributed by atoms with van der Waals surface area (Å²) >= 11 is 11.7. The van der Waals surface area contributed by atoms with E-state index in [1.54, 1.807) is 18.2 Å². The Hall–Kier alpha value is -0.970. The van der Waals surface area contributed by atoms with Gasteiger partial charge in [0.15, 0.2) is 0 Å². The van der Waals surface area contributed by atoms with E-state index in [0.29, 0.717) is 15.7 Å². The Balaban J connectivity index is 1.91. The molecule has 1 aromatic rings. The van der Waals surface area contributed by atoms with Crippen LogP contribution in [0.4, 0.5) is 10.5 Å². The second-order valence-corrected chi connectivity index (χ2v) is 5.50. The fraction of sp³-hybridized carbons (Fsp3) is 0.462. The molecule has 0 unspecified atom stereocenters. The number of rotatable bonds is 2. The summed E-state index contributed by atoms with van der Waals surface area (Å²) in [6.07, 6.45) is 3.10. The van der Waals surface area contributed by atoms with Crippen LogP contribution in [0.1, 0.15) is 25.7 Å². The molecule has 0 radical (unpaired) electrons. The first-order valence-corrected chi connectivity index (χ1v) is 7.02. The molecule has 1 fully saturated rings. The second kappa shape index (κ2) is 6.46. The van der Waals surface area contributed by atoms with Gasteiger partial charge in [-0.05, 0) is 31.0 Å². The number of hydrogen-bond acceptors (Lipinski definition) is 2. The summed E-state index contributed by atoms with van der Waals surface area (Å²) in [5.74, 6) is 0. The van der Waals surface area contributed by atoms with Crippen LogP contribution < -0.4 is 10.6 Å². The predicted molar refractivity (Wildman–Crippen MR) is 76.9 cm³/mol. The Kier molecular flexibility index (Phi) is 4.91. The fourth-order valence-corrected chi connectivity index (χ4v) is 2.49. The second-order valence-electron chi connectivity index (χ2n) is 4.69. The molecular formula is C13H16Cl2N2O2. The molecule has 0 bridgehead atoms. The zero-order chi connectivity index (χ0) is 13.8. The van der Waals surface area contributed by atoms with E-state index in [4.69, 9.17) is 23.2 Å². The van der Waals surface area contributed by atoms with Gasteiger partial charge in [0.1, 0.15) is 0 Å². The average molecular weight is 303 g/mol. The highest BCUT2D eigenvalue weighted by atomic mass is 35.5. The van der Waals surface area contributed by atoms with Crippen LogP contribution in [0.5, 0.6) is 0 Å². The highest BCUT2D eigenvalue weighted by Crippen LogP contribution is 2.25. The Morgan fingerprint density at radius 3 is 2.63 bits per heavy atom. The van der Waals surface area contributed by atoms with E-state index in [0.717, 1.165) is 25.7 Å². The van der Waals surface area contributed by atoms with Crippen molar-refractivity contribution in [3.63, 3.8) is 0 Å². The number of hydrogen-bond donors (Lipinski definition) is 3. The van der Waals surface area contributed by atoms with Crippen LogP contribution >= 0.6 is 23.2 Å². The van der Waals surface area contributed by atoms with Gasteiger partial charge in [0.25, 0.3) is 0 Å². The number of anilines is 1. The Labute approximate surface area is 122 Å². The lowest BCUT2D eigenvalue weighted by Gasteiger charge is -2.28. The largest absolute Gasteiger partial charge is 0.391 e. The van der Waals surface area contributed by atoms with Crippen molar-refractivity contribution < 1.29 is 9.90 Å². The van der Waals surface area contributed by atoms with Crippen molar-refractivity contribution in [2.45, 2.75) is 37.8 Å². The third-order valence-corrected chi connectivity index (χ3v) is 3.96. The molecule has 0 aliphatic heterocycles. The molecule has 6 heteroatoms. The van der Waals surface area contributed by atoms with Crippen molar-refractivity contribution >= 4 is 34.9 Å². The summed E-state index contributed by atoms with van der Waals surface area (Å²) in [5, 5.41) is 16.1. The van der Waals surface area contributed by atoms with Crippen LogP contribution in [0, 0.1) is 0 Å². The topological polar surface area (TPSA) is 61.4 Å². The lowest BCUT2D eigenvalue weighted by molar-refractivity contribution is 0.0955. The van der Waals surface area contributed by atoms with Crippen molar-refractivity contribution in [3.05, 3.63) is 28.2 Å². The number of carbonyl (C=O) groups is 1. The molecule has 0 aromatic heterocycles. The summed E-state index contributed by atoms with van der Waals surface area (Å²) in [4.78, 5) is 11.8. The number of carbonyl (C=O) groups excluding carboxylic acids is 1. The first-order valence-electron chi connectivity index (χ1n) is 6.27. The predicted octanol–water partition coefficient (Wildman–Crippen LogP) is 3.42. The smallest absolute Gasteiger partial charge is 0.319 e. The van der Waals surface area contributed by atoms with Crippen LogP contribution in [0.25, 0.3) is 0 Å². The van der Waals surface area contributed by atoms with Crippen LogP contribution in [0.3, 0.4) is 0 Å². The molecule has 19 heavy (non-hydrogen) atoms. The van der Waals surface area contributed by atoms with E-state index in [2.05, 4.69) is 10.6 Å². The van der Waals surface area contributed by atoms with E-state index in [1.165, 1.54) is 0 Å². The Bertz CT molecular complexity index is 468. The summed E-state index contributed by atoms with van der Waals surface area (Å²) in [5.41, 5.74) is 0.567. The summed E-state index contributed by atoms with van der Waals surface area (Å²) < 4.78 is 0. The third-order valence-electron chi connectivity index (χ3n) is 3.22. The minimum absolute atomic E-state index is 0.184. The van der Waals surface area contributed by atoms with E-state index in [1.807, 2.05) is 0 Å². The maximum Gasteiger partial charge on any atom is 0.319 e. The van der Waals surface area contributed by atoms with Gasteiger partial charge in [0.2, 0.25) is 0 Å². The van der Waals surface area contributed by atoms with E-state index < -0.39 is 6.10 Å². The molecule has 4 nitrogen and oxygen atoms in total. The minimum Gasteiger partial charge on any atom is -0.391 e. The van der Waals surface area contributed by atoms with E-state index >= 15 is 0 Å². The number of aliphatic hydroxyl groups is 1. The zero-order valence-electron chi connectivity index (χ0n) is 10.3. The summed E-state index contributed by atoms with van der Waals surface area (Å²) in [7, 11) is 0. The van der Waals surface area contributed by atoms with Crippen molar-refractivity contribution in [1.29, 1.82) is 0 Å². The first-order chi connectivity index (χ1) is 9.06. The summed E-state index contributed by atoms with van der Waals surface area (Å²) in [6.45, 7) is 0. The molecular weight excluding hydrogens is 287 g/mol. The van der Waals surface area contributed by atoms with Crippen LogP contribution in [-0.2, 0) is 0 Å². The molecule has 0 saturated heterocycles. The quantitative estimate of drug-likeness (QED) is 0.784. The molecule has 104 valence electrons. The SMILES string of the molecule is O=C(Nc1ccc(Cl)c(Cl)c1)N[C@@H]1CCCC[C@H]1O. The molecule has 0 heterocycles. The number of halogens is 2. The standard InChI is InChI=1S/C13H16Cl2N2O2/c14-9-6-5-8(7-10(9)15)16-13(19)17-11-3-1-2-4-12(11)18/h5-7,11-12,18H,1-4H2,(H2,16,17,19)/t11-,12-/m1/s1. The lowest BCUT2D eigenvalue weighted by Crippen LogP contribution is -2.46. The Morgan fingerprint density at radius 1 is 1.21 bits per heavy atom. The molecule has 1 aromatic carbocycles. The number of amides is 2. The molecule has 1 aliphatic rings. The zero-order valence-corrected chi connectivity index (χ0v) is 11.8. The monoisotopic (exact) mass is 302 g/mol. The molecule has 3 N–H and O–H groups in total. The lowest BCUT2D eigenvalue weighted by atomic mass is 9.93. The maximum absolute atomic E-state index is 11.8. The molecule has 2 amide bonds. The van der Waals surface area contributed by atoms with Gasteiger partial charge in [0, 0.05) is 5.69 Å². The molecule has 1 aliphatic carbocycles. The maximum atomic E-state index is 11.8. The van der Waals surface area contributed by atoms with Gasteiger partial charge in [-0.15, -0.1) is 0 Å². The fourth-order valence-electron chi connectivity index (χ4n) is 2.19. The van der Waals surface area contributed by atoms with Gasteiger partial charge in [-0.1, -0.05) is 36.0 Å². The van der Waals surface area contributed by atoms with Crippen LogP contribution in [0.2, 0.25) is 10.0 Å². The van der Waals surface area contributed by atoms with Gasteiger partial charge in [0.05, 0.1) is 22.2 Å². The number of benzene rings is 1. The normalized spacial score (nSPS) is 22.9. The van der Waals surface area contributed by atoms with E-state index in [-0.39, 0.29) is 12.1 Å².